The number of nitrogens with two attached hydrogens (primary N) is 1. The van der Waals surface area contributed by atoms with E-state index < -0.39 is 0 Å². The molecule has 0 unspecified atom stereocenters. The average molecular weight is 173 g/mol. The van der Waals surface area contributed by atoms with Gasteiger partial charge >= 0.3 is 0 Å². The molecule has 13 heavy (non-hydrogen) atoms. The maximum absolute atomic E-state index is 6.11. The monoisotopic (exact) mass is 173 g/mol. The highest BCUT2D eigenvalue weighted by Gasteiger charge is 2.42. The predicted molar refractivity (Wildman–Crippen MR) is 51.2 cm³/mol. The third kappa shape index (κ3) is 0.906. The van der Waals surface area contributed by atoms with Crippen LogP contribution in [0.4, 0.5) is 0 Å². The van der Waals surface area contributed by atoms with Crippen molar-refractivity contribution < 1.29 is 0 Å². The zero-order valence-corrected chi connectivity index (χ0v) is 7.25. The first-order chi connectivity index (χ1) is 6.30. The normalized spacial score (nSPS) is 19.2. The molecule has 66 valence electrons. The first kappa shape index (κ1) is 7.09. The van der Waals surface area contributed by atoms with Crippen LogP contribution in [-0.2, 0) is 5.54 Å². The average Bonchev–Trinajstić information content (AvgIpc) is 2.76. The highest BCUT2D eigenvalue weighted by Crippen LogP contribution is 2.43. The van der Waals surface area contributed by atoms with E-state index >= 15 is 0 Å². The van der Waals surface area contributed by atoms with E-state index in [1.165, 1.54) is 5.39 Å². The van der Waals surface area contributed by atoms with Crippen molar-refractivity contribution in [2.24, 2.45) is 5.73 Å². The molecule has 1 aliphatic rings. The summed E-state index contributed by atoms with van der Waals surface area (Å²) >= 11 is 0. The van der Waals surface area contributed by atoms with E-state index in [9.17, 15) is 0 Å². The number of aromatic amines is 1. The largest absolute Gasteiger partial charge is 0.320 e. The van der Waals surface area contributed by atoms with Gasteiger partial charge in [-0.15, -0.1) is 0 Å². The number of H-pyrrole nitrogens is 1. The van der Waals surface area contributed by atoms with Crippen LogP contribution in [-0.4, -0.2) is 10.2 Å². The highest BCUT2D eigenvalue weighted by molar-refractivity contribution is 5.82. The summed E-state index contributed by atoms with van der Waals surface area (Å²) in [5, 5.41) is 8.43. The van der Waals surface area contributed by atoms with Crippen molar-refractivity contribution in [3.05, 3.63) is 30.0 Å². The Kier molecular flexibility index (Phi) is 1.15. The van der Waals surface area contributed by atoms with Gasteiger partial charge in [-0.25, -0.2) is 0 Å². The molecule has 1 fully saturated rings. The van der Waals surface area contributed by atoms with E-state index in [1.807, 2.05) is 18.2 Å². The van der Waals surface area contributed by atoms with Gasteiger partial charge in [-0.2, -0.15) is 5.10 Å². The Morgan fingerprint density at radius 3 is 2.85 bits per heavy atom. The Bertz CT molecular complexity index is 454. The Hall–Kier alpha value is -1.35. The van der Waals surface area contributed by atoms with Gasteiger partial charge in [0.25, 0.3) is 0 Å². The maximum atomic E-state index is 6.11. The van der Waals surface area contributed by atoms with Gasteiger partial charge in [0, 0.05) is 5.39 Å². The van der Waals surface area contributed by atoms with Crippen molar-refractivity contribution in [1.29, 1.82) is 0 Å². The Labute approximate surface area is 75.9 Å². The molecule has 3 nitrogen and oxygen atoms in total. The first-order valence-electron chi connectivity index (χ1n) is 4.52. The standard InChI is InChI=1S/C10H11N3/c11-10(5-6-10)9-7-3-1-2-4-8(7)12-13-9/h1-4H,5-6,11H2,(H,12,13). The number of para-hydroxylation sites is 1. The molecular weight excluding hydrogens is 162 g/mol. The molecule has 1 heterocycles. The number of hydrogen-bond donors (Lipinski definition) is 2. The van der Waals surface area contributed by atoms with Gasteiger partial charge in [0.15, 0.2) is 0 Å². The summed E-state index contributed by atoms with van der Waals surface area (Å²) in [4.78, 5) is 0. The minimum Gasteiger partial charge on any atom is -0.320 e. The van der Waals surface area contributed by atoms with Gasteiger partial charge < -0.3 is 5.73 Å². The summed E-state index contributed by atoms with van der Waals surface area (Å²) in [6, 6.07) is 8.08. The molecule has 3 rings (SSSR count). The van der Waals surface area contributed by atoms with E-state index in [1.54, 1.807) is 0 Å². The molecule has 2 aromatic rings. The molecule has 1 aromatic carbocycles. The molecule has 0 spiro atoms. The quantitative estimate of drug-likeness (QED) is 0.686. The van der Waals surface area contributed by atoms with Gasteiger partial charge in [0.1, 0.15) is 0 Å². The zero-order chi connectivity index (χ0) is 8.89. The van der Waals surface area contributed by atoms with E-state index in [-0.39, 0.29) is 5.54 Å². The Balaban J connectivity index is 2.30. The lowest BCUT2D eigenvalue weighted by Gasteiger charge is -2.04. The lowest BCUT2D eigenvalue weighted by Crippen LogP contribution is -2.19. The van der Waals surface area contributed by atoms with Crippen molar-refractivity contribution in [1.82, 2.24) is 10.2 Å². The molecule has 0 bridgehead atoms. The third-order valence-electron chi connectivity index (χ3n) is 2.75. The summed E-state index contributed by atoms with van der Waals surface area (Å²) in [7, 11) is 0. The van der Waals surface area contributed by atoms with Crippen LogP contribution >= 0.6 is 0 Å². The van der Waals surface area contributed by atoms with Crippen LogP contribution in [0.1, 0.15) is 18.5 Å². The van der Waals surface area contributed by atoms with Crippen LogP contribution in [0.3, 0.4) is 0 Å². The summed E-state index contributed by atoms with van der Waals surface area (Å²) < 4.78 is 0. The second kappa shape index (κ2) is 2.12. The lowest BCUT2D eigenvalue weighted by molar-refractivity contribution is 0.708. The van der Waals surface area contributed by atoms with Crippen LogP contribution in [0, 0.1) is 0 Å². The molecule has 3 heteroatoms. The van der Waals surface area contributed by atoms with Crippen LogP contribution in [0.2, 0.25) is 0 Å². The molecular formula is C10H11N3. The number of hydrogen-bond acceptors (Lipinski definition) is 2. The molecule has 3 N–H and O–H groups in total. The minimum atomic E-state index is -0.115. The van der Waals surface area contributed by atoms with E-state index in [2.05, 4.69) is 16.3 Å². The van der Waals surface area contributed by atoms with E-state index in [0.717, 1.165) is 24.1 Å². The minimum absolute atomic E-state index is 0.115. The molecule has 1 aliphatic carbocycles. The number of benzene rings is 1. The molecule has 0 radical (unpaired) electrons. The number of nitrogens with one attached hydrogen (secondary N) is 1. The fraction of sp³-hybridized carbons (Fsp3) is 0.300. The fourth-order valence-electron chi connectivity index (χ4n) is 1.72. The topological polar surface area (TPSA) is 54.7 Å². The lowest BCUT2D eigenvalue weighted by atomic mass is 10.1. The molecule has 1 saturated carbocycles. The molecule has 0 aliphatic heterocycles. The van der Waals surface area contributed by atoms with Crippen LogP contribution < -0.4 is 5.73 Å². The Morgan fingerprint density at radius 1 is 1.31 bits per heavy atom. The molecule has 1 aromatic heterocycles. The van der Waals surface area contributed by atoms with Gasteiger partial charge in [-0.3, -0.25) is 5.10 Å². The Morgan fingerprint density at radius 2 is 2.08 bits per heavy atom. The smallest absolute Gasteiger partial charge is 0.0924 e. The molecule has 0 amide bonds. The van der Waals surface area contributed by atoms with Crippen LogP contribution in [0.5, 0.6) is 0 Å². The number of nitrogens with zero attached hydrogens (tertiary/aromatic N) is 1. The first-order valence-corrected chi connectivity index (χ1v) is 4.52. The number of aromatic nitrogens is 2. The van der Waals surface area contributed by atoms with Gasteiger partial charge in [-0.1, -0.05) is 18.2 Å². The van der Waals surface area contributed by atoms with Gasteiger partial charge in [0.2, 0.25) is 0 Å². The SMILES string of the molecule is NC1(c2[nH]nc3ccccc23)CC1. The number of fused-ring (bicyclic) bond motifs is 1. The van der Waals surface area contributed by atoms with E-state index in [4.69, 9.17) is 5.73 Å². The summed E-state index contributed by atoms with van der Waals surface area (Å²) in [5.41, 5.74) is 8.10. The highest BCUT2D eigenvalue weighted by atomic mass is 15.1. The van der Waals surface area contributed by atoms with Crippen molar-refractivity contribution in [2.45, 2.75) is 18.4 Å². The molecule has 0 atom stereocenters. The summed E-state index contributed by atoms with van der Waals surface area (Å²) in [6.45, 7) is 0. The maximum Gasteiger partial charge on any atom is 0.0924 e. The summed E-state index contributed by atoms with van der Waals surface area (Å²) in [5.74, 6) is 0. The van der Waals surface area contributed by atoms with Crippen LogP contribution in [0.25, 0.3) is 10.9 Å². The number of rotatable bonds is 1. The van der Waals surface area contributed by atoms with Gasteiger partial charge in [-0.05, 0) is 18.9 Å². The van der Waals surface area contributed by atoms with Gasteiger partial charge in [0.05, 0.1) is 16.7 Å². The molecule has 0 saturated heterocycles. The third-order valence-corrected chi connectivity index (χ3v) is 2.75. The summed E-state index contributed by atoms with van der Waals surface area (Å²) in [6.07, 6.45) is 2.14. The zero-order valence-electron chi connectivity index (χ0n) is 7.25. The second-order valence-corrected chi connectivity index (χ2v) is 3.77. The van der Waals surface area contributed by atoms with Crippen molar-refractivity contribution in [3.63, 3.8) is 0 Å². The van der Waals surface area contributed by atoms with E-state index in [0.29, 0.717) is 0 Å². The van der Waals surface area contributed by atoms with Crippen molar-refractivity contribution in [3.8, 4) is 0 Å². The van der Waals surface area contributed by atoms with Crippen molar-refractivity contribution in [2.75, 3.05) is 0 Å². The van der Waals surface area contributed by atoms with Crippen molar-refractivity contribution >= 4 is 10.9 Å². The fourth-order valence-corrected chi connectivity index (χ4v) is 1.72. The predicted octanol–water partition coefficient (Wildman–Crippen LogP) is 1.51. The second-order valence-electron chi connectivity index (χ2n) is 3.77. The van der Waals surface area contributed by atoms with Crippen LogP contribution in [0.15, 0.2) is 24.3 Å².